The standard InChI is InChI=1S/C14H23N3/c1-14(6-3-7-16-11-14)12-17(2)10-13-4-8-15-9-5-13/h4-5,8-9,16H,3,6-7,10-12H2,1-2H3. The molecule has 0 amide bonds. The van der Waals surface area contributed by atoms with Crippen molar-refractivity contribution in [3.63, 3.8) is 0 Å². The van der Waals surface area contributed by atoms with Gasteiger partial charge in [0.2, 0.25) is 0 Å². The van der Waals surface area contributed by atoms with E-state index >= 15 is 0 Å². The van der Waals surface area contributed by atoms with Gasteiger partial charge >= 0.3 is 0 Å². The van der Waals surface area contributed by atoms with Gasteiger partial charge in [-0.05, 0) is 49.5 Å². The summed E-state index contributed by atoms with van der Waals surface area (Å²) >= 11 is 0. The van der Waals surface area contributed by atoms with Crippen molar-refractivity contribution in [1.82, 2.24) is 15.2 Å². The highest BCUT2D eigenvalue weighted by Crippen LogP contribution is 2.26. The minimum Gasteiger partial charge on any atom is -0.316 e. The van der Waals surface area contributed by atoms with Crippen LogP contribution in [0.15, 0.2) is 24.5 Å². The molecule has 2 heterocycles. The van der Waals surface area contributed by atoms with Crippen LogP contribution in [-0.2, 0) is 6.54 Å². The lowest BCUT2D eigenvalue weighted by Gasteiger charge is -2.37. The van der Waals surface area contributed by atoms with Gasteiger partial charge in [0.25, 0.3) is 0 Å². The Morgan fingerprint density at radius 1 is 1.41 bits per heavy atom. The number of nitrogens with one attached hydrogen (secondary N) is 1. The third kappa shape index (κ3) is 3.79. The number of rotatable bonds is 4. The average molecular weight is 233 g/mol. The van der Waals surface area contributed by atoms with Gasteiger partial charge in [0.1, 0.15) is 0 Å². The second-order valence-electron chi connectivity index (χ2n) is 5.62. The van der Waals surface area contributed by atoms with Crippen LogP contribution < -0.4 is 5.32 Å². The molecule has 1 aliphatic heterocycles. The largest absolute Gasteiger partial charge is 0.316 e. The molecule has 0 spiro atoms. The highest BCUT2D eigenvalue weighted by atomic mass is 15.1. The average Bonchev–Trinajstić information content (AvgIpc) is 2.30. The zero-order valence-corrected chi connectivity index (χ0v) is 10.9. The van der Waals surface area contributed by atoms with E-state index in [1.54, 1.807) is 0 Å². The van der Waals surface area contributed by atoms with E-state index in [2.05, 4.69) is 41.3 Å². The lowest BCUT2D eigenvalue weighted by molar-refractivity contribution is 0.148. The van der Waals surface area contributed by atoms with Gasteiger partial charge in [-0.3, -0.25) is 4.98 Å². The highest BCUT2D eigenvalue weighted by molar-refractivity contribution is 5.09. The van der Waals surface area contributed by atoms with E-state index in [0.29, 0.717) is 5.41 Å². The number of hydrogen-bond donors (Lipinski definition) is 1. The third-order valence-electron chi connectivity index (χ3n) is 3.54. The van der Waals surface area contributed by atoms with Crippen molar-refractivity contribution < 1.29 is 0 Å². The topological polar surface area (TPSA) is 28.2 Å². The molecular weight excluding hydrogens is 210 g/mol. The molecule has 0 saturated carbocycles. The van der Waals surface area contributed by atoms with E-state index in [0.717, 1.165) is 19.6 Å². The molecule has 1 saturated heterocycles. The maximum absolute atomic E-state index is 4.05. The number of hydrogen-bond acceptors (Lipinski definition) is 3. The molecule has 3 heteroatoms. The molecule has 1 fully saturated rings. The van der Waals surface area contributed by atoms with Gasteiger partial charge in [-0.25, -0.2) is 0 Å². The Labute approximate surface area is 104 Å². The first-order valence-electron chi connectivity index (χ1n) is 6.46. The van der Waals surface area contributed by atoms with E-state index in [9.17, 15) is 0 Å². The first kappa shape index (κ1) is 12.5. The quantitative estimate of drug-likeness (QED) is 0.861. The Balaban J connectivity index is 1.86. The molecule has 1 atom stereocenters. The second kappa shape index (κ2) is 5.61. The molecule has 1 aromatic rings. The van der Waals surface area contributed by atoms with Crippen molar-refractivity contribution in [3.05, 3.63) is 30.1 Å². The van der Waals surface area contributed by atoms with E-state index in [-0.39, 0.29) is 0 Å². The summed E-state index contributed by atoms with van der Waals surface area (Å²) in [4.78, 5) is 6.47. The lowest BCUT2D eigenvalue weighted by atomic mass is 9.82. The number of piperidine rings is 1. The Morgan fingerprint density at radius 3 is 2.82 bits per heavy atom. The summed E-state index contributed by atoms with van der Waals surface area (Å²) in [7, 11) is 2.21. The zero-order valence-electron chi connectivity index (χ0n) is 10.9. The van der Waals surface area contributed by atoms with Gasteiger partial charge in [-0.15, -0.1) is 0 Å². The predicted molar refractivity (Wildman–Crippen MR) is 70.8 cm³/mol. The van der Waals surface area contributed by atoms with E-state index in [1.807, 2.05) is 12.4 Å². The lowest BCUT2D eigenvalue weighted by Crippen LogP contribution is -2.44. The molecule has 3 nitrogen and oxygen atoms in total. The summed E-state index contributed by atoms with van der Waals surface area (Å²) in [5.41, 5.74) is 1.77. The SMILES string of the molecule is CN(Cc1ccncc1)CC1(C)CCCNC1. The van der Waals surface area contributed by atoms with Gasteiger partial charge in [0, 0.05) is 32.0 Å². The minimum atomic E-state index is 0.431. The zero-order chi connectivity index (χ0) is 12.1. The van der Waals surface area contributed by atoms with E-state index < -0.39 is 0 Å². The molecule has 0 radical (unpaired) electrons. The summed E-state index contributed by atoms with van der Waals surface area (Å²) in [6.45, 7) is 6.89. The first-order valence-corrected chi connectivity index (χ1v) is 6.46. The maximum atomic E-state index is 4.05. The molecule has 1 aliphatic rings. The van der Waals surface area contributed by atoms with Crippen LogP contribution in [-0.4, -0.2) is 36.6 Å². The van der Waals surface area contributed by atoms with Crippen LogP contribution in [0.2, 0.25) is 0 Å². The van der Waals surface area contributed by atoms with Gasteiger partial charge in [0.05, 0.1) is 0 Å². The van der Waals surface area contributed by atoms with Crippen LogP contribution in [0.25, 0.3) is 0 Å². The van der Waals surface area contributed by atoms with Gasteiger partial charge in [-0.1, -0.05) is 6.92 Å². The van der Waals surface area contributed by atoms with Crippen molar-refractivity contribution >= 4 is 0 Å². The minimum absolute atomic E-state index is 0.431. The Hall–Kier alpha value is -0.930. The fourth-order valence-corrected chi connectivity index (χ4v) is 2.76. The number of aromatic nitrogens is 1. The Kier molecular flexibility index (Phi) is 4.13. The summed E-state index contributed by atoms with van der Waals surface area (Å²) in [6.07, 6.45) is 6.38. The fourth-order valence-electron chi connectivity index (χ4n) is 2.76. The number of pyridine rings is 1. The van der Waals surface area contributed by atoms with Gasteiger partial charge in [0.15, 0.2) is 0 Å². The fraction of sp³-hybridized carbons (Fsp3) is 0.643. The molecule has 0 aromatic carbocycles. The maximum Gasteiger partial charge on any atom is 0.0271 e. The number of nitrogens with zero attached hydrogens (tertiary/aromatic N) is 2. The molecule has 94 valence electrons. The molecule has 1 unspecified atom stereocenters. The van der Waals surface area contributed by atoms with Crippen molar-refractivity contribution in [2.75, 3.05) is 26.7 Å². The second-order valence-corrected chi connectivity index (χ2v) is 5.62. The summed E-state index contributed by atoms with van der Waals surface area (Å²) in [5.74, 6) is 0. The van der Waals surface area contributed by atoms with Gasteiger partial charge < -0.3 is 10.2 Å². The molecule has 0 aliphatic carbocycles. The molecular formula is C14H23N3. The molecule has 0 bridgehead atoms. The van der Waals surface area contributed by atoms with Crippen LogP contribution in [0, 0.1) is 5.41 Å². The van der Waals surface area contributed by atoms with Crippen molar-refractivity contribution in [3.8, 4) is 0 Å². The van der Waals surface area contributed by atoms with Crippen molar-refractivity contribution in [2.24, 2.45) is 5.41 Å². The monoisotopic (exact) mass is 233 g/mol. The van der Waals surface area contributed by atoms with E-state index in [4.69, 9.17) is 0 Å². The summed E-state index contributed by atoms with van der Waals surface area (Å²) in [6, 6.07) is 4.19. The van der Waals surface area contributed by atoms with Crippen molar-refractivity contribution in [1.29, 1.82) is 0 Å². The normalized spacial score (nSPS) is 25.1. The summed E-state index contributed by atoms with van der Waals surface area (Å²) in [5, 5.41) is 3.51. The van der Waals surface area contributed by atoms with Crippen LogP contribution >= 0.6 is 0 Å². The molecule has 2 rings (SSSR count). The molecule has 1 aromatic heterocycles. The summed E-state index contributed by atoms with van der Waals surface area (Å²) < 4.78 is 0. The van der Waals surface area contributed by atoms with Crippen LogP contribution in [0.1, 0.15) is 25.3 Å². The third-order valence-corrected chi connectivity index (χ3v) is 3.54. The Morgan fingerprint density at radius 2 is 2.18 bits per heavy atom. The van der Waals surface area contributed by atoms with E-state index in [1.165, 1.54) is 24.9 Å². The smallest absolute Gasteiger partial charge is 0.0271 e. The van der Waals surface area contributed by atoms with Gasteiger partial charge in [-0.2, -0.15) is 0 Å². The molecule has 17 heavy (non-hydrogen) atoms. The molecule has 1 N–H and O–H groups in total. The van der Waals surface area contributed by atoms with Crippen LogP contribution in [0.5, 0.6) is 0 Å². The highest BCUT2D eigenvalue weighted by Gasteiger charge is 2.27. The first-order chi connectivity index (χ1) is 8.18. The Bertz CT molecular complexity index is 331. The van der Waals surface area contributed by atoms with Crippen LogP contribution in [0.3, 0.4) is 0 Å². The van der Waals surface area contributed by atoms with Crippen molar-refractivity contribution in [2.45, 2.75) is 26.3 Å². The van der Waals surface area contributed by atoms with Crippen LogP contribution in [0.4, 0.5) is 0 Å². The predicted octanol–water partition coefficient (Wildman–Crippen LogP) is 1.90.